The van der Waals surface area contributed by atoms with E-state index < -0.39 is 17.2 Å². The van der Waals surface area contributed by atoms with Gasteiger partial charge in [0.05, 0.1) is 22.1 Å². The van der Waals surface area contributed by atoms with Gasteiger partial charge in [0.15, 0.2) is 5.60 Å². The van der Waals surface area contributed by atoms with Gasteiger partial charge in [-0.2, -0.15) is 0 Å². The Morgan fingerprint density at radius 3 is 2.52 bits per heavy atom. The van der Waals surface area contributed by atoms with Crippen molar-refractivity contribution >= 4 is 29.7 Å². The molecule has 4 rings (SSSR count). The molecule has 168 valence electrons. The molecule has 0 bridgehead atoms. The molecule has 8 heteroatoms. The fourth-order valence-electron chi connectivity index (χ4n) is 4.02. The molecule has 0 fully saturated rings. The molecule has 4 aromatic rings. The first-order valence-electron chi connectivity index (χ1n) is 9.97. The fraction of sp³-hybridized carbons (Fsp3) is 0.120. The van der Waals surface area contributed by atoms with Crippen molar-refractivity contribution in [3.8, 4) is 11.3 Å². The second kappa shape index (κ2) is 9.33. The van der Waals surface area contributed by atoms with Crippen LogP contribution in [0.2, 0.25) is 10.0 Å². The van der Waals surface area contributed by atoms with E-state index in [0.29, 0.717) is 22.5 Å². The summed E-state index contributed by atoms with van der Waals surface area (Å²) >= 11 is 12.1. The predicted octanol–water partition coefficient (Wildman–Crippen LogP) is 6.63. The summed E-state index contributed by atoms with van der Waals surface area (Å²) in [6.07, 6.45) is 1.46. The number of H-pyrrole nitrogens is 1. The van der Waals surface area contributed by atoms with Crippen LogP contribution in [0.5, 0.6) is 0 Å². The van der Waals surface area contributed by atoms with E-state index in [1.807, 2.05) is 19.1 Å². The van der Waals surface area contributed by atoms with Gasteiger partial charge >= 0.3 is 0 Å². The molecule has 1 atom stereocenters. The molecule has 0 amide bonds. The summed E-state index contributed by atoms with van der Waals surface area (Å²) in [5.41, 5.74) is 1.44. The summed E-state index contributed by atoms with van der Waals surface area (Å²) in [7, 11) is 0. The number of hydrogen-bond acceptors (Lipinski definition) is 3. The van der Waals surface area contributed by atoms with Crippen LogP contribution in [0.4, 0.5) is 8.78 Å². The van der Waals surface area contributed by atoms with Crippen LogP contribution in [0.25, 0.3) is 11.3 Å². The summed E-state index contributed by atoms with van der Waals surface area (Å²) in [5.74, 6) is -1.26. The van der Waals surface area contributed by atoms with Crippen molar-refractivity contribution in [2.75, 3.05) is 0 Å². The van der Waals surface area contributed by atoms with Gasteiger partial charge in [0.2, 0.25) is 0 Å². The fourth-order valence-corrected chi connectivity index (χ4v) is 4.38. The van der Waals surface area contributed by atoms with Crippen molar-refractivity contribution in [3.63, 3.8) is 0 Å². The molecular weight excluding hydrogens is 469 g/mol. The first-order valence-corrected chi connectivity index (χ1v) is 10.7. The van der Waals surface area contributed by atoms with E-state index in [0.717, 1.165) is 5.56 Å². The maximum Gasteiger partial charge on any atom is 0.294 e. The highest BCUT2D eigenvalue weighted by Crippen LogP contribution is 2.42. The van der Waals surface area contributed by atoms with Crippen molar-refractivity contribution in [2.24, 2.45) is 0 Å². The van der Waals surface area contributed by atoms with E-state index in [-0.39, 0.29) is 28.5 Å². The Kier molecular flexibility index (Phi) is 6.49. The molecule has 0 saturated heterocycles. The minimum Gasteiger partial charge on any atom is -0.451 e. The number of nitrogens with one attached hydrogen (secondary N) is 1. The number of carbonyl (C=O) groups is 1. The van der Waals surface area contributed by atoms with Gasteiger partial charge in [0.25, 0.3) is 6.47 Å². The molecule has 0 aliphatic rings. The molecule has 33 heavy (non-hydrogen) atoms. The molecule has 0 saturated carbocycles. The molecule has 1 heterocycles. The minimum atomic E-state index is -1.56. The first-order chi connectivity index (χ1) is 15.9. The van der Waals surface area contributed by atoms with Gasteiger partial charge < -0.3 is 9.72 Å². The Hall–Kier alpha value is -3.22. The van der Waals surface area contributed by atoms with Crippen molar-refractivity contribution in [1.29, 1.82) is 0 Å². The average Bonchev–Trinajstić information content (AvgIpc) is 3.25. The lowest BCUT2D eigenvalue weighted by atomic mass is 9.79. The smallest absolute Gasteiger partial charge is 0.294 e. The third-order valence-electron chi connectivity index (χ3n) is 5.55. The molecule has 4 nitrogen and oxygen atoms in total. The highest BCUT2D eigenvalue weighted by atomic mass is 35.5. The Morgan fingerprint density at radius 1 is 1.03 bits per heavy atom. The number of benzene rings is 3. The number of imidazole rings is 1. The lowest BCUT2D eigenvalue weighted by Gasteiger charge is -2.34. The Balaban J connectivity index is 1.95. The monoisotopic (exact) mass is 486 g/mol. The van der Waals surface area contributed by atoms with Gasteiger partial charge in [-0.15, -0.1) is 0 Å². The molecule has 1 N–H and O–H groups in total. The summed E-state index contributed by atoms with van der Waals surface area (Å²) in [6.45, 7) is 2.13. The van der Waals surface area contributed by atoms with E-state index in [9.17, 15) is 9.18 Å². The second-order valence-corrected chi connectivity index (χ2v) is 8.31. The Labute approximate surface area is 199 Å². The van der Waals surface area contributed by atoms with Gasteiger partial charge in [-0.1, -0.05) is 59.6 Å². The number of halogens is 4. The molecule has 1 unspecified atom stereocenters. The van der Waals surface area contributed by atoms with Crippen LogP contribution in [0.1, 0.15) is 22.4 Å². The van der Waals surface area contributed by atoms with Crippen LogP contribution in [-0.4, -0.2) is 16.4 Å². The largest absolute Gasteiger partial charge is 0.451 e. The van der Waals surface area contributed by atoms with Crippen molar-refractivity contribution in [1.82, 2.24) is 9.97 Å². The number of aromatic nitrogens is 2. The van der Waals surface area contributed by atoms with E-state index in [4.69, 9.17) is 27.9 Å². The highest BCUT2D eigenvalue weighted by molar-refractivity contribution is 6.31. The predicted molar refractivity (Wildman–Crippen MR) is 123 cm³/mol. The Morgan fingerprint density at radius 2 is 1.79 bits per heavy atom. The van der Waals surface area contributed by atoms with Gasteiger partial charge in [-0.3, -0.25) is 4.79 Å². The lowest BCUT2D eigenvalue weighted by Crippen LogP contribution is -2.36. The van der Waals surface area contributed by atoms with E-state index in [1.165, 1.54) is 36.7 Å². The van der Waals surface area contributed by atoms with E-state index in [1.54, 1.807) is 18.2 Å². The third kappa shape index (κ3) is 4.24. The Bertz CT molecular complexity index is 1330. The van der Waals surface area contributed by atoms with Gasteiger partial charge in [-0.25, -0.2) is 13.8 Å². The summed E-state index contributed by atoms with van der Waals surface area (Å²) in [4.78, 5) is 19.2. The summed E-state index contributed by atoms with van der Waals surface area (Å²) < 4.78 is 34.8. The lowest BCUT2D eigenvalue weighted by molar-refractivity contribution is -0.140. The minimum absolute atomic E-state index is 0.00180. The normalized spacial score (nSPS) is 12.9. The molecular formula is C25H18Cl2F2N2O2. The van der Waals surface area contributed by atoms with Gasteiger partial charge in [-0.05, 0) is 36.8 Å². The van der Waals surface area contributed by atoms with Crippen molar-refractivity contribution in [2.45, 2.75) is 18.9 Å². The zero-order valence-electron chi connectivity index (χ0n) is 17.4. The summed E-state index contributed by atoms with van der Waals surface area (Å²) in [6, 6.07) is 16.0. The first kappa shape index (κ1) is 23.0. The number of aromatic amines is 1. The molecule has 0 aliphatic heterocycles. The van der Waals surface area contributed by atoms with Crippen LogP contribution >= 0.6 is 23.2 Å². The second-order valence-electron chi connectivity index (χ2n) is 7.49. The number of rotatable bonds is 7. The van der Waals surface area contributed by atoms with Gasteiger partial charge in [0.1, 0.15) is 11.6 Å². The standard InChI is InChI=1S/C25H18Cl2F2N2O2/c1-15-5-2-3-6-17(15)25(33-14-32,18-7-4-8-19(26)23(18)29)12-22-24(31-13-30-22)16-9-10-21(28)20(27)11-16/h2-11,13-14H,12H2,1H3,(H,30,31). The molecule has 1 aromatic heterocycles. The topological polar surface area (TPSA) is 55.0 Å². The number of aryl methyl sites for hydroxylation is 1. The van der Waals surface area contributed by atoms with Crippen LogP contribution in [0.3, 0.4) is 0 Å². The molecule has 3 aromatic carbocycles. The highest BCUT2D eigenvalue weighted by Gasteiger charge is 2.42. The van der Waals surface area contributed by atoms with Crippen LogP contribution < -0.4 is 0 Å². The zero-order valence-corrected chi connectivity index (χ0v) is 18.9. The SMILES string of the molecule is Cc1ccccc1C(Cc1[nH]cnc1-c1ccc(F)c(Cl)c1)(OC=O)c1cccc(Cl)c1F. The zero-order chi connectivity index (χ0) is 23.6. The number of hydrogen-bond donors (Lipinski definition) is 1. The van der Waals surface area contributed by atoms with Gasteiger partial charge in [0, 0.05) is 28.8 Å². The van der Waals surface area contributed by atoms with Crippen molar-refractivity contribution in [3.05, 3.63) is 111 Å². The average molecular weight is 487 g/mol. The third-order valence-corrected chi connectivity index (χ3v) is 6.13. The van der Waals surface area contributed by atoms with E-state index in [2.05, 4.69) is 9.97 Å². The molecule has 0 aliphatic carbocycles. The van der Waals surface area contributed by atoms with Crippen LogP contribution in [0.15, 0.2) is 67.0 Å². The number of carbonyl (C=O) groups excluding carboxylic acids is 1. The number of nitrogens with zero attached hydrogens (tertiary/aromatic N) is 1. The van der Waals surface area contributed by atoms with Crippen molar-refractivity contribution < 1.29 is 18.3 Å². The molecule has 0 spiro atoms. The van der Waals surface area contributed by atoms with E-state index >= 15 is 4.39 Å². The molecule has 0 radical (unpaired) electrons. The quantitative estimate of drug-likeness (QED) is 0.298. The van der Waals surface area contributed by atoms with Crippen LogP contribution in [-0.2, 0) is 21.6 Å². The maximum absolute atomic E-state index is 15.4. The summed E-state index contributed by atoms with van der Waals surface area (Å²) in [5, 5.41) is -0.160. The maximum atomic E-state index is 15.4. The number of ether oxygens (including phenoxy) is 1. The van der Waals surface area contributed by atoms with Crippen LogP contribution in [0, 0.1) is 18.6 Å².